The van der Waals surface area contributed by atoms with Crippen molar-refractivity contribution in [2.24, 2.45) is 0 Å². The summed E-state index contributed by atoms with van der Waals surface area (Å²) in [5, 5.41) is 2.64. The van der Waals surface area contributed by atoms with Crippen LogP contribution in [0.4, 0.5) is 13.2 Å². The van der Waals surface area contributed by atoms with Gasteiger partial charge in [-0.15, -0.1) is 0 Å². The van der Waals surface area contributed by atoms with E-state index in [-0.39, 0.29) is 5.69 Å². The average molecular weight is 256 g/mol. The third-order valence-electron chi connectivity index (χ3n) is 2.78. The van der Waals surface area contributed by atoms with Crippen molar-refractivity contribution < 1.29 is 13.2 Å². The van der Waals surface area contributed by atoms with Gasteiger partial charge in [0.15, 0.2) is 17.5 Å². The minimum atomic E-state index is -1.29. The molecule has 0 fully saturated rings. The second-order valence-corrected chi connectivity index (χ2v) is 3.93. The highest BCUT2D eigenvalue weighted by Crippen LogP contribution is 2.16. The minimum Gasteiger partial charge on any atom is -0.295 e. The Balaban J connectivity index is 2.70. The van der Waals surface area contributed by atoms with Crippen LogP contribution >= 0.6 is 0 Å². The number of nitrogens with zero attached hydrogens (tertiary/aromatic N) is 1. The topological polar surface area (TPSA) is 37.8 Å². The number of benzene rings is 1. The van der Waals surface area contributed by atoms with Crippen LogP contribution in [-0.2, 0) is 6.42 Å². The molecule has 2 rings (SSSR count). The smallest absolute Gasteiger partial charge is 0.274 e. The van der Waals surface area contributed by atoms with Gasteiger partial charge >= 0.3 is 0 Å². The average Bonchev–Trinajstić information content (AvgIpc) is 2.59. The number of aromatic amines is 1. The first-order valence-electron chi connectivity index (χ1n) is 5.41. The lowest BCUT2D eigenvalue weighted by molar-refractivity contribution is 0.491. The Hall–Kier alpha value is -1.98. The number of aryl methyl sites for hydroxylation is 1. The van der Waals surface area contributed by atoms with Gasteiger partial charge in [0.25, 0.3) is 5.56 Å². The number of aromatic nitrogens is 2. The molecule has 0 bridgehead atoms. The van der Waals surface area contributed by atoms with Crippen molar-refractivity contribution in [3.63, 3.8) is 0 Å². The summed E-state index contributed by atoms with van der Waals surface area (Å²) in [6, 6.07) is 1.07. The Morgan fingerprint density at radius 3 is 2.33 bits per heavy atom. The summed E-state index contributed by atoms with van der Waals surface area (Å²) in [6.07, 6.45) is 0.472. The molecule has 0 radical (unpaired) electrons. The Bertz CT molecular complexity index is 658. The molecular weight excluding hydrogens is 245 g/mol. The minimum absolute atomic E-state index is 0.332. The summed E-state index contributed by atoms with van der Waals surface area (Å²) in [7, 11) is 0. The van der Waals surface area contributed by atoms with Crippen LogP contribution in [0.2, 0.25) is 0 Å². The van der Waals surface area contributed by atoms with Crippen molar-refractivity contribution in [1.82, 2.24) is 9.78 Å². The third kappa shape index (κ3) is 1.83. The van der Waals surface area contributed by atoms with Crippen molar-refractivity contribution in [1.29, 1.82) is 0 Å². The van der Waals surface area contributed by atoms with Crippen LogP contribution in [0.25, 0.3) is 5.69 Å². The van der Waals surface area contributed by atoms with Crippen LogP contribution in [0.1, 0.15) is 18.2 Å². The normalized spacial score (nSPS) is 10.9. The molecule has 1 aromatic carbocycles. The van der Waals surface area contributed by atoms with E-state index in [2.05, 4.69) is 5.10 Å². The highest BCUT2D eigenvalue weighted by Gasteiger charge is 2.16. The Kier molecular flexibility index (Phi) is 3.02. The van der Waals surface area contributed by atoms with Gasteiger partial charge in [0.05, 0.1) is 0 Å². The first-order chi connectivity index (χ1) is 8.45. The van der Waals surface area contributed by atoms with Crippen molar-refractivity contribution >= 4 is 0 Å². The van der Waals surface area contributed by atoms with Crippen molar-refractivity contribution in [3.05, 3.63) is 51.2 Å². The largest absolute Gasteiger partial charge is 0.295 e. The fourth-order valence-corrected chi connectivity index (χ4v) is 1.85. The van der Waals surface area contributed by atoms with E-state index in [0.717, 1.165) is 4.68 Å². The number of halogens is 3. The Labute approximate surface area is 101 Å². The van der Waals surface area contributed by atoms with Crippen LogP contribution in [-0.4, -0.2) is 9.78 Å². The number of H-pyrrole nitrogens is 1. The Morgan fingerprint density at radius 1 is 1.17 bits per heavy atom. The summed E-state index contributed by atoms with van der Waals surface area (Å²) >= 11 is 0. The highest BCUT2D eigenvalue weighted by molar-refractivity contribution is 5.35. The predicted octanol–water partition coefficient (Wildman–Crippen LogP) is 2.45. The molecule has 2 aromatic rings. The first-order valence-corrected chi connectivity index (χ1v) is 5.41. The molecule has 6 heteroatoms. The van der Waals surface area contributed by atoms with Crippen LogP contribution in [0.15, 0.2) is 16.9 Å². The van der Waals surface area contributed by atoms with E-state index in [9.17, 15) is 18.0 Å². The fourth-order valence-electron chi connectivity index (χ4n) is 1.85. The molecule has 18 heavy (non-hydrogen) atoms. The van der Waals surface area contributed by atoms with Crippen molar-refractivity contribution in [3.8, 4) is 5.69 Å². The van der Waals surface area contributed by atoms with Crippen LogP contribution in [0, 0.1) is 24.4 Å². The SMILES string of the molecule is CCc1c(C)[nH]n(-c2cc(F)c(F)cc2F)c1=O. The zero-order valence-corrected chi connectivity index (χ0v) is 9.85. The number of nitrogens with one attached hydrogen (secondary N) is 1. The van der Waals surface area contributed by atoms with Crippen molar-refractivity contribution in [2.45, 2.75) is 20.3 Å². The molecule has 0 aliphatic rings. The quantitative estimate of drug-likeness (QED) is 0.823. The summed E-state index contributed by atoms with van der Waals surface area (Å²) in [6.45, 7) is 3.44. The van der Waals surface area contributed by atoms with Gasteiger partial charge in [-0.05, 0) is 13.3 Å². The second kappa shape index (κ2) is 4.36. The van der Waals surface area contributed by atoms with Crippen molar-refractivity contribution in [2.75, 3.05) is 0 Å². The predicted molar refractivity (Wildman–Crippen MR) is 60.4 cm³/mol. The standard InChI is InChI=1S/C12H11F3N2O/c1-3-7-6(2)16-17(12(7)18)11-5-9(14)8(13)4-10(11)15/h4-5,16H,3H2,1-2H3. The molecule has 0 unspecified atom stereocenters. The summed E-state index contributed by atoms with van der Waals surface area (Å²) in [5.41, 5.74) is 0.271. The van der Waals surface area contributed by atoms with Gasteiger partial charge < -0.3 is 0 Å². The van der Waals surface area contributed by atoms with E-state index < -0.39 is 23.0 Å². The second-order valence-electron chi connectivity index (χ2n) is 3.93. The monoisotopic (exact) mass is 256 g/mol. The number of hydrogen-bond donors (Lipinski definition) is 1. The summed E-state index contributed by atoms with van der Waals surface area (Å²) < 4.78 is 40.3. The van der Waals surface area contributed by atoms with Gasteiger partial charge in [0.1, 0.15) is 5.69 Å². The van der Waals surface area contributed by atoms with Gasteiger partial charge in [-0.3, -0.25) is 9.89 Å². The maximum absolute atomic E-state index is 13.6. The number of rotatable bonds is 2. The number of hydrogen-bond acceptors (Lipinski definition) is 1. The molecule has 0 spiro atoms. The van der Waals surface area contributed by atoms with Gasteiger partial charge in [0.2, 0.25) is 0 Å². The summed E-state index contributed by atoms with van der Waals surface area (Å²) in [4.78, 5) is 11.9. The van der Waals surface area contributed by atoms with Crippen LogP contribution in [0.5, 0.6) is 0 Å². The maximum atomic E-state index is 13.6. The zero-order valence-electron chi connectivity index (χ0n) is 9.85. The van der Waals surface area contributed by atoms with Crippen LogP contribution < -0.4 is 5.56 Å². The van der Waals surface area contributed by atoms with Gasteiger partial charge in [-0.2, -0.15) is 0 Å². The van der Waals surface area contributed by atoms with E-state index in [1.165, 1.54) is 0 Å². The molecule has 0 saturated carbocycles. The fraction of sp³-hybridized carbons (Fsp3) is 0.250. The van der Waals surface area contributed by atoms with E-state index in [4.69, 9.17) is 0 Å². The van der Waals surface area contributed by atoms with E-state index >= 15 is 0 Å². The molecule has 3 nitrogen and oxygen atoms in total. The first kappa shape index (κ1) is 12.5. The lowest BCUT2D eigenvalue weighted by atomic mass is 10.2. The highest BCUT2D eigenvalue weighted by atomic mass is 19.2. The van der Waals surface area contributed by atoms with E-state index in [0.29, 0.717) is 29.8 Å². The Morgan fingerprint density at radius 2 is 1.78 bits per heavy atom. The summed E-state index contributed by atoms with van der Waals surface area (Å²) in [5.74, 6) is -3.49. The molecule has 0 aliphatic carbocycles. The van der Waals surface area contributed by atoms with Gasteiger partial charge in [-0.25, -0.2) is 17.9 Å². The van der Waals surface area contributed by atoms with E-state index in [1.54, 1.807) is 13.8 Å². The van der Waals surface area contributed by atoms with Gasteiger partial charge in [-0.1, -0.05) is 6.92 Å². The maximum Gasteiger partial charge on any atom is 0.274 e. The van der Waals surface area contributed by atoms with E-state index in [1.807, 2.05) is 0 Å². The molecule has 0 amide bonds. The third-order valence-corrected chi connectivity index (χ3v) is 2.78. The molecule has 0 aliphatic heterocycles. The molecule has 96 valence electrons. The molecular formula is C12H11F3N2O. The molecule has 0 atom stereocenters. The molecule has 1 N–H and O–H groups in total. The molecule has 1 heterocycles. The van der Waals surface area contributed by atoms with Gasteiger partial charge in [0, 0.05) is 23.4 Å². The lowest BCUT2D eigenvalue weighted by Gasteiger charge is -2.04. The molecule has 1 aromatic heterocycles. The molecule has 0 saturated heterocycles. The van der Waals surface area contributed by atoms with Crippen LogP contribution in [0.3, 0.4) is 0 Å². The lowest BCUT2D eigenvalue weighted by Crippen LogP contribution is -2.18. The zero-order chi connectivity index (χ0) is 13.4.